The molecule has 0 amide bonds. The minimum Gasteiger partial charge on any atom is -0.388 e. The molecule has 0 saturated heterocycles. The molecule has 1 fully saturated rings. The molecule has 5 N–H and O–H groups in total. The number of aromatic nitrogens is 2. The lowest BCUT2D eigenvalue weighted by Gasteiger charge is -2.36. The minimum absolute atomic E-state index is 0.532. The van der Waals surface area contributed by atoms with Gasteiger partial charge in [-0.15, -0.1) is 0 Å². The van der Waals surface area contributed by atoms with Crippen LogP contribution in [0, 0.1) is 0 Å². The Kier molecular flexibility index (Phi) is 3.98. The highest BCUT2D eigenvalue weighted by molar-refractivity contribution is 5.57. The van der Waals surface area contributed by atoms with Crippen LogP contribution in [0.25, 0.3) is 0 Å². The molecule has 100 valence electrons. The molecule has 0 unspecified atom stereocenters. The van der Waals surface area contributed by atoms with Crippen LogP contribution in [0.5, 0.6) is 0 Å². The number of nitrogens with two attached hydrogens (primary N) is 1. The van der Waals surface area contributed by atoms with E-state index in [1.165, 1.54) is 6.33 Å². The molecule has 0 bridgehead atoms. The molecule has 1 heterocycles. The van der Waals surface area contributed by atoms with Crippen molar-refractivity contribution in [2.24, 2.45) is 5.84 Å². The maximum absolute atomic E-state index is 10.1. The average molecular weight is 251 g/mol. The van der Waals surface area contributed by atoms with Gasteiger partial charge in [0.05, 0.1) is 5.60 Å². The molecule has 1 saturated carbocycles. The number of aliphatic hydroxyl groups is 1. The third-order valence-corrected chi connectivity index (χ3v) is 3.45. The summed E-state index contributed by atoms with van der Waals surface area (Å²) >= 11 is 0. The number of hydrogen-bond acceptors (Lipinski definition) is 6. The third-order valence-electron chi connectivity index (χ3n) is 3.45. The molecular weight excluding hydrogens is 230 g/mol. The summed E-state index contributed by atoms with van der Waals surface area (Å²) in [6.07, 6.45) is 6.12. The van der Waals surface area contributed by atoms with E-state index in [1.807, 2.05) is 0 Å². The molecule has 0 aliphatic heterocycles. The van der Waals surface area contributed by atoms with Crippen molar-refractivity contribution in [3.05, 3.63) is 11.9 Å². The summed E-state index contributed by atoms with van der Waals surface area (Å²) in [6, 6.07) is 0. The Morgan fingerprint density at radius 1 is 1.39 bits per heavy atom. The molecule has 1 aliphatic carbocycles. The van der Waals surface area contributed by atoms with Crippen LogP contribution in [0.1, 0.15) is 38.2 Å². The number of hydrazine groups is 1. The van der Waals surface area contributed by atoms with Gasteiger partial charge in [0.1, 0.15) is 18.0 Å². The van der Waals surface area contributed by atoms with Crippen LogP contribution in [0.3, 0.4) is 0 Å². The predicted octanol–water partition coefficient (Wildman–Crippen LogP) is 1.04. The number of anilines is 2. The number of nitrogen functional groups attached to an aromatic ring is 1. The quantitative estimate of drug-likeness (QED) is 0.446. The van der Waals surface area contributed by atoms with E-state index in [0.29, 0.717) is 12.4 Å². The van der Waals surface area contributed by atoms with Crippen molar-refractivity contribution in [1.82, 2.24) is 9.97 Å². The van der Waals surface area contributed by atoms with Crippen molar-refractivity contribution in [2.75, 3.05) is 17.3 Å². The van der Waals surface area contributed by atoms with E-state index in [1.54, 1.807) is 0 Å². The fraction of sp³-hybridized carbons (Fsp3) is 0.667. The van der Waals surface area contributed by atoms with Crippen LogP contribution in [-0.2, 0) is 6.42 Å². The topological polar surface area (TPSA) is 96.1 Å². The zero-order valence-corrected chi connectivity index (χ0v) is 10.7. The first-order chi connectivity index (χ1) is 8.68. The van der Waals surface area contributed by atoms with Crippen molar-refractivity contribution in [3.8, 4) is 0 Å². The largest absolute Gasteiger partial charge is 0.388 e. The second-order valence-corrected chi connectivity index (χ2v) is 4.88. The fourth-order valence-corrected chi connectivity index (χ4v) is 2.19. The number of hydrogen-bond donors (Lipinski definition) is 4. The zero-order chi connectivity index (χ0) is 13.0. The second-order valence-electron chi connectivity index (χ2n) is 4.88. The lowest BCUT2D eigenvalue weighted by molar-refractivity contribution is -0.0202. The zero-order valence-electron chi connectivity index (χ0n) is 10.7. The lowest BCUT2D eigenvalue weighted by Crippen LogP contribution is -2.43. The highest BCUT2D eigenvalue weighted by Gasteiger charge is 2.34. The average Bonchev–Trinajstić information content (AvgIpc) is 2.35. The SMILES string of the molecule is CCCc1c(NN)ncnc1NCC1(O)CCC1. The van der Waals surface area contributed by atoms with E-state index in [2.05, 4.69) is 27.6 Å². The molecule has 0 spiro atoms. The summed E-state index contributed by atoms with van der Waals surface area (Å²) in [5.74, 6) is 6.86. The van der Waals surface area contributed by atoms with Crippen molar-refractivity contribution >= 4 is 11.6 Å². The first-order valence-corrected chi connectivity index (χ1v) is 6.45. The van der Waals surface area contributed by atoms with Gasteiger partial charge in [0.2, 0.25) is 0 Å². The lowest BCUT2D eigenvalue weighted by atomic mass is 9.80. The number of nitrogens with zero attached hydrogens (tertiary/aromatic N) is 2. The molecule has 6 nitrogen and oxygen atoms in total. The van der Waals surface area contributed by atoms with E-state index in [9.17, 15) is 5.11 Å². The number of nitrogens with one attached hydrogen (secondary N) is 2. The Morgan fingerprint density at radius 3 is 2.67 bits per heavy atom. The maximum atomic E-state index is 10.1. The molecule has 1 aliphatic rings. The highest BCUT2D eigenvalue weighted by atomic mass is 16.3. The molecule has 1 aromatic heterocycles. The fourth-order valence-electron chi connectivity index (χ4n) is 2.19. The summed E-state index contributed by atoms with van der Waals surface area (Å²) in [5, 5.41) is 13.3. The van der Waals surface area contributed by atoms with Gasteiger partial charge in [-0.05, 0) is 25.7 Å². The highest BCUT2D eigenvalue weighted by Crippen LogP contribution is 2.32. The van der Waals surface area contributed by atoms with E-state index >= 15 is 0 Å². The minimum atomic E-state index is -0.565. The van der Waals surface area contributed by atoms with E-state index in [4.69, 9.17) is 5.84 Å². The van der Waals surface area contributed by atoms with Crippen LogP contribution >= 0.6 is 0 Å². The van der Waals surface area contributed by atoms with Crippen molar-refractivity contribution < 1.29 is 5.11 Å². The smallest absolute Gasteiger partial charge is 0.148 e. The summed E-state index contributed by atoms with van der Waals surface area (Å²) in [4.78, 5) is 8.34. The van der Waals surface area contributed by atoms with Gasteiger partial charge in [-0.25, -0.2) is 15.8 Å². The van der Waals surface area contributed by atoms with Crippen molar-refractivity contribution in [2.45, 2.75) is 44.6 Å². The summed E-state index contributed by atoms with van der Waals surface area (Å²) in [7, 11) is 0. The van der Waals surface area contributed by atoms with Gasteiger partial charge in [0.25, 0.3) is 0 Å². The summed E-state index contributed by atoms with van der Waals surface area (Å²) in [5.41, 5.74) is 3.00. The van der Waals surface area contributed by atoms with Gasteiger partial charge in [0.15, 0.2) is 0 Å². The Morgan fingerprint density at radius 2 is 2.11 bits per heavy atom. The Labute approximate surface area is 107 Å². The molecule has 18 heavy (non-hydrogen) atoms. The maximum Gasteiger partial charge on any atom is 0.148 e. The van der Waals surface area contributed by atoms with E-state index in [-0.39, 0.29) is 0 Å². The molecule has 0 atom stereocenters. The van der Waals surface area contributed by atoms with Gasteiger partial charge in [-0.3, -0.25) is 0 Å². The first-order valence-electron chi connectivity index (χ1n) is 6.45. The Balaban J connectivity index is 2.10. The van der Waals surface area contributed by atoms with Crippen LogP contribution in [0.2, 0.25) is 0 Å². The monoisotopic (exact) mass is 251 g/mol. The van der Waals surface area contributed by atoms with Gasteiger partial charge >= 0.3 is 0 Å². The Hall–Kier alpha value is -1.40. The summed E-state index contributed by atoms with van der Waals surface area (Å²) in [6.45, 7) is 2.63. The van der Waals surface area contributed by atoms with E-state index < -0.39 is 5.60 Å². The Bertz CT molecular complexity index is 405. The van der Waals surface area contributed by atoms with Gasteiger partial charge in [-0.1, -0.05) is 13.3 Å². The predicted molar refractivity (Wildman–Crippen MR) is 71.1 cm³/mol. The van der Waals surface area contributed by atoms with Gasteiger partial charge < -0.3 is 15.8 Å². The standard InChI is InChI=1S/C12H21N5O/c1-2-4-9-10(15-8-16-11(9)17-13)14-7-12(18)5-3-6-12/h8,18H,2-7,13H2,1H3,(H2,14,15,16,17). The van der Waals surface area contributed by atoms with Crippen LogP contribution in [0.4, 0.5) is 11.6 Å². The van der Waals surface area contributed by atoms with Gasteiger partial charge in [0, 0.05) is 12.1 Å². The molecule has 2 rings (SSSR count). The van der Waals surface area contributed by atoms with Crippen molar-refractivity contribution in [3.63, 3.8) is 0 Å². The normalized spacial score (nSPS) is 17.1. The second kappa shape index (κ2) is 5.49. The number of rotatable bonds is 6. The van der Waals surface area contributed by atoms with Gasteiger partial charge in [-0.2, -0.15) is 0 Å². The molecular formula is C12H21N5O. The van der Waals surface area contributed by atoms with Crippen LogP contribution < -0.4 is 16.6 Å². The van der Waals surface area contributed by atoms with Crippen LogP contribution in [-0.4, -0.2) is 27.2 Å². The summed E-state index contributed by atoms with van der Waals surface area (Å²) < 4.78 is 0. The first kappa shape index (κ1) is 13.0. The third kappa shape index (κ3) is 2.70. The van der Waals surface area contributed by atoms with E-state index in [0.717, 1.165) is 43.5 Å². The molecule has 0 aromatic carbocycles. The molecule has 1 aromatic rings. The van der Waals surface area contributed by atoms with Crippen LogP contribution in [0.15, 0.2) is 6.33 Å². The molecule has 6 heteroatoms. The van der Waals surface area contributed by atoms with Crippen molar-refractivity contribution in [1.29, 1.82) is 0 Å². The molecule has 0 radical (unpaired) electrons.